The third-order valence-electron chi connectivity index (χ3n) is 3.71. The summed E-state index contributed by atoms with van der Waals surface area (Å²) in [6.45, 7) is 2.45. The van der Waals surface area contributed by atoms with Crippen molar-refractivity contribution in [3.05, 3.63) is 23.8 Å². The van der Waals surface area contributed by atoms with Crippen LogP contribution >= 0.6 is 0 Å². The maximum absolute atomic E-state index is 12.5. The summed E-state index contributed by atoms with van der Waals surface area (Å²) < 4.78 is 61.4. The molecule has 1 aromatic carbocycles. The lowest BCUT2D eigenvalue weighted by atomic mass is 9.99. The van der Waals surface area contributed by atoms with Crippen LogP contribution in [0, 0.1) is 11.3 Å². The number of aryl methyl sites for hydroxylation is 1. The van der Waals surface area contributed by atoms with E-state index in [4.69, 9.17) is 0 Å². The average Bonchev–Trinajstić information content (AvgIpc) is 2.47. The predicted octanol–water partition coefficient (Wildman–Crippen LogP) is 3.00. The van der Waals surface area contributed by atoms with Gasteiger partial charge in [-0.1, -0.05) is 13.0 Å². The molecule has 9 heteroatoms. The third kappa shape index (κ3) is 3.52. The summed E-state index contributed by atoms with van der Waals surface area (Å²) in [5.74, 6) is 0. The zero-order valence-corrected chi connectivity index (χ0v) is 13.2. The molecule has 0 saturated heterocycles. The highest BCUT2D eigenvalue weighted by Crippen LogP contribution is 2.33. The number of alkyl halides is 3. The van der Waals surface area contributed by atoms with Gasteiger partial charge in [-0.25, -0.2) is 0 Å². The van der Waals surface area contributed by atoms with E-state index < -0.39 is 21.6 Å². The first kappa shape index (κ1) is 17.4. The minimum absolute atomic E-state index is 0.166. The Morgan fingerprint density at radius 1 is 1.43 bits per heavy atom. The van der Waals surface area contributed by atoms with Gasteiger partial charge in [0.2, 0.25) is 0 Å². The Morgan fingerprint density at radius 3 is 2.70 bits per heavy atom. The van der Waals surface area contributed by atoms with E-state index >= 15 is 0 Å². The smallest absolute Gasteiger partial charge is 0.355 e. The van der Waals surface area contributed by atoms with Gasteiger partial charge in [0.1, 0.15) is 6.04 Å². The molecular weight excluding hydrogens is 331 g/mol. The molecular formula is C14H16F3N3O2S. The van der Waals surface area contributed by atoms with Crippen LogP contribution in [0.25, 0.3) is 0 Å². The lowest BCUT2D eigenvalue weighted by molar-refractivity contribution is -0.0429. The molecule has 0 aliphatic carbocycles. The standard InChI is InChI=1S/C14H16F3N3O2S/c1-2-12(9-18)20-7-3-4-10-5-6-11(8-13(10)20)19-23(21,22)14(15,16)17/h5-6,8,12,19H,2-4,7H2,1H3. The highest BCUT2D eigenvalue weighted by molar-refractivity contribution is 7.93. The van der Waals surface area contributed by atoms with Crippen LogP contribution in [0.4, 0.5) is 24.5 Å². The molecule has 0 radical (unpaired) electrons. The van der Waals surface area contributed by atoms with Crippen molar-refractivity contribution in [2.75, 3.05) is 16.2 Å². The van der Waals surface area contributed by atoms with Crippen LogP contribution < -0.4 is 9.62 Å². The highest BCUT2D eigenvalue weighted by Gasteiger charge is 2.46. The van der Waals surface area contributed by atoms with Gasteiger partial charge in [-0.05, 0) is 37.0 Å². The first-order valence-electron chi connectivity index (χ1n) is 7.08. The number of halogens is 3. The zero-order chi connectivity index (χ0) is 17.3. The Hall–Kier alpha value is -1.95. The molecule has 0 amide bonds. The first-order valence-corrected chi connectivity index (χ1v) is 8.56. The second-order valence-corrected chi connectivity index (χ2v) is 6.92. The van der Waals surface area contributed by atoms with Crippen molar-refractivity contribution >= 4 is 21.4 Å². The van der Waals surface area contributed by atoms with Crippen LogP contribution in [0.5, 0.6) is 0 Å². The fourth-order valence-electron chi connectivity index (χ4n) is 2.58. The minimum Gasteiger partial charge on any atom is -0.355 e. The largest absolute Gasteiger partial charge is 0.516 e. The average molecular weight is 347 g/mol. The number of nitriles is 1. The Morgan fingerprint density at radius 2 is 2.13 bits per heavy atom. The second-order valence-electron chi connectivity index (χ2n) is 5.24. The molecule has 0 fully saturated rings. The molecule has 5 nitrogen and oxygen atoms in total. The summed E-state index contributed by atoms with van der Waals surface area (Å²) in [4.78, 5) is 1.81. The molecule has 0 bridgehead atoms. The number of fused-ring (bicyclic) bond motifs is 1. The number of nitrogens with zero attached hydrogens (tertiary/aromatic N) is 2. The van der Waals surface area contributed by atoms with Crippen molar-refractivity contribution in [2.24, 2.45) is 0 Å². The summed E-state index contributed by atoms with van der Waals surface area (Å²) in [5, 5.41) is 9.21. The van der Waals surface area contributed by atoms with Crippen LogP contribution in [0.2, 0.25) is 0 Å². The van der Waals surface area contributed by atoms with Gasteiger partial charge in [-0.2, -0.15) is 26.9 Å². The number of sulfonamides is 1. The Kier molecular flexibility index (Phi) is 4.75. The highest BCUT2D eigenvalue weighted by atomic mass is 32.2. The molecule has 1 aliphatic heterocycles. The van der Waals surface area contributed by atoms with E-state index in [1.165, 1.54) is 12.1 Å². The first-order chi connectivity index (χ1) is 10.7. The molecule has 1 atom stereocenters. The van der Waals surface area contributed by atoms with Crippen LogP contribution in [0.3, 0.4) is 0 Å². The summed E-state index contributed by atoms with van der Waals surface area (Å²) in [5.41, 5.74) is -4.05. The Balaban J connectivity index is 2.38. The molecule has 23 heavy (non-hydrogen) atoms. The second kappa shape index (κ2) is 6.28. The molecule has 1 N–H and O–H groups in total. The van der Waals surface area contributed by atoms with Crippen molar-refractivity contribution in [3.63, 3.8) is 0 Å². The monoisotopic (exact) mass is 347 g/mol. The molecule has 0 spiro atoms. The number of anilines is 2. The van der Waals surface area contributed by atoms with Crippen molar-refractivity contribution in [1.82, 2.24) is 0 Å². The van der Waals surface area contributed by atoms with Crippen LogP contribution in [-0.2, 0) is 16.4 Å². The van der Waals surface area contributed by atoms with Crippen molar-refractivity contribution < 1.29 is 21.6 Å². The molecule has 2 rings (SSSR count). The van der Waals surface area contributed by atoms with Crippen LogP contribution in [0.15, 0.2) is 18.2 Å². The molecule has 1 heterocycles. The Labute approximate surface area is 132 Å². The maximum atomic E-state index is 12.5. The summed E-state index contributed by atoms with van der Waals surface area (Å²) in [6, 6.07) is 6.02. The van der Waals surface area contributed by atoms with Gasteiger partial charge in [0.15, 0.2) is 0 Å². The molecule has 1 aromatic rings. The number of nitrogens with one attached hydrogen (secondary N) is 1. The maximum Gasteiger partial charge on any atom is 0.516 e. The fourth-order valence-corrected chi connectivity index (χ4v) is 3.14. The van der Waals surface area contributed by atoms with Gasteiger partial charge in [-0.3, -0.25) is 4.72 Å². The van der Waals surface area contributed by atoms with E-state index in [-0.39, 0.29) is 5.69 Å². The lowest BCUT2D eigenvalue weighted by Crippen LogP contribution is -2.38. The fraction of sp³-hybridized carbons (Fsp3) is 0.500. The van der Waals surface area contributed by atoms with E-state index in [1.54, 1.807) is 10.8 Å². The lowest BCUT2D eigenvalue weighted by Gasteiger charge is -2.34. The van der Waals surface area contributed by atoms with Gasteiger partial charge >= 0.3 is 15.5 Å². The van der Waals surface area contributed by atoms with Gasteiger partial charge in [0, 0.05) is 12.2 Å². The molecule has 1 aliphatic rings. The Bertz CT molecular complexity index is 726. The van der Waals surface area contributed by atoms with Gasteiger partial charge < -0.3 is 4.90 Å². The quantitative estimate of drug-likeness (QED) is 0.909. The van der Waals surface area contributed by atoms with Crippen LogP contribution in [-0.4, -0.2) is 26.5 Å². The predicted molar refractivity (Wildman–Crippen MR) is 80.4 cm³/mol. The van der Waals surface area contributed by atoms with E-state index in [9.17, 15) is 26.9 Å². The zero-order valence-electron chi connectivity index (χ0n) is 12.4. The number of hydrogen-bond acceptors (Lipinski definition) is 4. The normalized spacial score (nSPS) is 16.4. The van der Waals surface area contributed by atoms with Gasteiger partial charge in [-0.15, -0.1) is 0 Å². The molecule has 126 valence electrons. The van der Waals surface area contributed by atoms with E-state index in [0.717, 1.165) is 18.4 Å². The SMILES string of the molecule is CCC(C#N)N1CCCc2ccc(NS(=O)(=O)C(F)(F)F)cc21. The van der Waals surface area contributed by atoms with Gasteiger partial charge in [0.25, 0.3) is 0 Å². The molecule has 0 saturated carbocycles. The summed E-state index contributed by atoms with van der Waals surface area (Å²) in [7, 11) is -5.46. The van der Waals surface area contributed by atoms with E-state index in [0.29, 0.717) is 18.7 Å². The third-order valence-corrected chi connectivity index (χ3v) is 4.82. The topological polar surface area (TPSA) is 73.2 Å². The van der Waals surface area contributed by atoms with Gasteiger partial charge in [0.05, 0.1) is 11.8 Å². The van der Waals surface area contributed by atoms with Crippen LogP contribution in [0.1, 0.15) is 25.3 Å². The minimum atomic E-state index is -5.46. The van der Waals surface area contributed by atoms with E-state index in [1.807, 2.05) is 11.8 Å². The summed E-state index contributed by atoms with van der Waals surface area (Å²) in [6.07, 6.45) is 2.13. The molecule has 0 aromatic heterocycles. The number of rotatable bonds is 4. The summed E-state index contributed by atoms with van der Waals surface area (Å²) >= 11 is 0. The van der Waals surface area contributed by atoms with E-state index in [2.05, 4.69) is 6.07 Å². The van der Waals surface area contributed by atoms with Crippen molar-refractivity contribution in [2.45, 2.75) is 37.7 Å². The number of benzene rings is 1. The number of hydrogen-bond donors (Lipinski definition) is 1. The van der Waals surface area contributed by atoms with Crippen molar-refractivity contribution in [3.8, 4) is 6.07 Å². The molecule has 1 unspecified atom stereocenters. The van der Waals surface area contributed by atoms with Crippen molar-refractivity contribution in [1.29, 1.82) is 5.26 Å².